The van der Waals surface area contributed by atoms with Crippen molar-refractivity contribution < 1.29 is 14.3 Å². The molecule has 1 amide bonds. The van der Waals surface area contributed by atoms with E-state index in [1.165, 1.54) is 25.9 Å². The van der Waals surface area contributed by atoms with Crippen molar-refractivity contribution in [1.29, 1.82) is 0 Å². The maximum absolute atomic E-state index is 13.8. The Bertz CT molecular complexity index is 660. The Balaban J connectivity index is 1.67. The molecule has 0 aromatic heterocycles. The molecule has 2 bridgehead atoms. The molecular formula is C24H38N2O3. The summed E-state index contributed by atoms with van der Waals surface area (Å²) >= 11 is 0. The highest BCUT2D eigenvalue weighted by molar-refractivity contribution is 5.90. The molecule has 0 aromatic rings. The second-order valence-corrected chi connectivity index (χ2v) is 9.50. The van der Waals surface area contributed by atoms with Crippen LogP contribution in [0.3, 0.4) is 0 Å². The zero-order valence-corrected chi connectivity index (χ0v) is 18.7. The van der Waals surface area contributed by atoms with Crippen LogP contribution in [-0.2, 0) is 14.3 Å². The number of ether oxygens (including phenoxy) is 2. The molecule has 5 aliphatic rings. The van der Waals surface area contributed by atoms with E-state index in [4.69, 9.17) is 9.47 Å². The maximum Gasteiger partial charge on any atom is 0.237 e. The van der Waals surface area contributed by atoms with Crippen LogP contribution in [-0.4, -0.2) is 62.1 Å². The molecule has 5 nitrogen and oxygen atoms in total. The fraction of sp³-hybridized carbons (Fsp3) is 0.792. The molecule has 5 rings (SSSR count). The predicted molar refractivity (Wildman–Crippen MR) is 114 cm³/mol. The number of methoxy groups -OCH3 is 2. The number of likely N-dealkylation sites (tertiary alicyclic amines) is 1. The molecule has 0 aromatic carbocycles. The summed E-state index contributed by atoms with van der Waals surface area (Å²) in [7, 11) is 3.51. The number of carbonyl (C=O) groups excluding carboxylic acids is 1. The van der Waals surface area contributed by atoms with E-state index in [2.05, 4.69) is 35.8 Å². The number of fused-ring (bicyclic) bond motifs is 3. The van der Waals surface area contributed by atoms with Gasteiger partial charge in [0.15, 0.2) is 0 Å². The first-order valence-electron chi connectivity index (χ1n) is 11.6. The standard InChI is InChI=1S/C24H38N2O3/c1-5-9-24(10-6-2)20(28-3)15-23(16-21(24)29-4)11-14-26(22(23)27)19-17-25-12-7-18(19)8-13-25/h15-16,18-19H,5-14,17H2,1-4H3. The van der Waals surface area contributed by atoms with Crippen molar-refractivity contribution in [3.8, 4) is 0 Å². The lowest BCUT2D eigenvalue weighted by atomic mass is 9.67. The van der Waals surface area contributed by atoms with E-state index in [1.54, 1.807) is 14.2 Å². The fourth-order valence-electron chi connectivity index (χ4n) is 6.54. The molecule has 4 heterocycles. The number of carbonyl (C=O) groups is 1. The summed E-state index contributed by atoms with van der Waals surface area (Å²) in [6.45, 7) is 8.70. The Morgan fingerprint density at radius 1 is 1.00 bits per heavy atom. The van der Waals surface area contributed by atoms with E-state index < -0.39 is 5.41 Å². The predicted octanol–water partition coefficient (Wildman–Crippen LogP) is 3.96. The fourth-order valence-corrected chi connectivity index (χ4v) is 6.54. The zero-order chi connectivity index (χ0) is 20.6. The van der Waals surface area contributed by atoms with Crippen LogP contribution < -0.4 is 0 Å². The van der Waals surface area contributed by atoms with Crippen LogP contribution in [0.25, 0.3) is 0 Å². The minimum atomic E-state index is -0.603. The summed E-state index contributed by atoms with van der Waals surface area (Å²) in [6.07, 6.45) is 11.7. The lowest BCUT2D eigenvalue weighted by Gasteiger charge is -2.48. The molecule has 1 spiro atoms. The quantitative estimate of drug-likeness (QED) is 0.646. The SMILES string of the molecule is CCCC1(CCC)C(OC)=CC2(C=C1OC)CCN(C1CN3CCC1CC3)C2=O. The van der Waals surface area contributed by atoms with Crippen molar-refractivity contribution in [2.45, 2.75) is 64.8 Å². The molecule has 4 aliphatic heterocycles. The molecule has 0 radical (unpaired) electrons. The average Bonchev–Trinajstić information content (AvgIpc) is 3.06. The minimum Gasteiger partial charge on any atom is -0.500 e. The number of hydrogen-bond acceptors (Lipinski definition) is 4. The maximum atomic E-state index is 13.8. The molecule has 1 aliphatic carbocycles. The molecule has 29 heavy (non-hydrogen) atoms. The molecule has 0 saturated carbocycles. The largest absolute Gasteiger partial charge is 0.500 e. The van der Waals surface area contributed by atoms with Crippen molar-refractivity contribution in [1.82, 2.24) is 9.80 Å². The van der Waals surface area contributed by atoms with Gasteiger partial charge in [-0.1, -0.05) is 26.7 Å². The molecular weight excluding hydrogens is 364 g/mol. The summed E-state index contributed by atoms with van der Waals surface area (Å²) in [5, 5.41) is 0. The summed E-state index contributed by atoms with van der Waals surface area (Å²) in [4.78, 5) is 18.5. The molecule has 1 unspecified atom stereocenters. The summed E-state index contributed by atoms with van der Waals surface area (Å²) < 4.78 is 11.9. The summed E-state index contributed by atoms with van der Waals surface area (Å²) in [5.74, 6) is 2.79. The van der Waals surface area contributed by atoms with Gasteiger partial charge in [0.25, 0.3) is 0 Å². The van der Waals surface area contributed by atoms with E-state index in [0.29, 0.717) is 12.0 Å². The Morgan fingerprint density at radius 2 is 1.59 bits per heavy atom. The smallest absolute Gasteiger partial charge is 0.237 e. The van der Waals surface area contributed by atoms with Gasteiger partial charge in [0, 0.05) is 19.1 Å². The van der Waals surface area contributed by atoms with Crippen LogP contribution in [0.5, 0.6) is 0 Å². The van der Waals surface area contributed by atoms with E-state index in [-0.39, 0.29) is 11.3 Å². The topological polar surface area (TPSA) is 42.0 Å². The third-order valence-electron chi connectivity index (χ3n) is 7.96. The summed E-state index contributed by atoms with van der Waals surface area (Å²) in [6, 6.07) is 0.376. The van der Waals surface area contributed by atoms with Crippen LogP contribution in [0.15, 0.2) is 23.7 Å². The van der Waals surface area contributed by atoms with Gasteiger partial charge < -0.3 is 19.3 Å². The van der Waals surface area contributed by atoms with Gasteiger partial charge in [-0.25, -0.2) is 0 Å². The first-order valence-corrected chi connectivity index (χ1v) is 11.6. The first-order chi connectivity index (χ1) is 14.0. The van der Waals surface area contributed by atoms with E-state index in [9.17, 15) is 4.79 Å². The second kappa shape index (κ2) is 7.98. The van der Waals surface area contributed by atoms with Gasteiger partial charge in [-0.15, -0.1) is 0 Å². The highest BCUT2D eigenvalue weighted by Gasteiger charge is 2.54. The number of hydrogen-bond donors (Lipinski definition) is 0. The Labute approximate surface area is 176 Å². The van der Waals surface area contributed by atoms with Gasteiger partial charge >= 0.3 is 0 Å². The van der Waals surface area contributed by atoms with Crippen LogP contribution in [0.4, 0.5) is 0 Å². The van der Waals surface area contributed by atoms with Gasteiger partial charge in [-0.3, -0.25) is 4.79 Å². The Hall–Kier alpha value is -1.49. The van der Waals surface area contributed by atoms with Crippen LogP contribution >= 0.6 is 0 Å². The molecule has 162 valence electrons. The number of rotatable bonds is 7. The average molecular weight is 403 g/mol. The number of amides is 1. The first kappa shape index (κ1) is 20.8. The van der Waals surface area contributed by atoms with Crippen LogP contribution in [0.2, 0.25) is 0 Å². The van der Waals surface area contributed by atoms with Crippen molar-refractivity contribution in [2.24, 2.45) is 16.7 Å². The molecule has 4 fully saturated rings. The highest BCUT2D eigenvalue weighted by atomic mass is 16.5. The van der Waals surface area contributed by atoms with Crippen molar-refractivity contribution in [3.63, 3.8) is 0 Å². The van der Waals surface area contributed by atoms with Crippen molar-refractivity contribution in [2.75, 3.05) is 40.4 Å². The highest BCUT2D eigenvalue weighted by Crippen LogP contribution is 2.54. The third-order valence-corrected chi connectivity index (χ3v) is 7.96. The number of piperidine rings is 3. The van der Waals surface area contributed by atoms with Gasteiger partial charge in [0.05, 0.1) is 25.0 Å². The van der Waals surface area contributed by atoms with Gasteiger partial charge in [0.1, 0.15) is 11.5 Å². The third kappa shape index (κ3) is 3.20. The Kier molecular flexibility index (Phi) is 5.71. The minimum absolute atomic E-state index is 0.235. The van der Waals surface area contributed by atoms with Crippen molar-refractivity contribution in [3.05, 3.63) is 23.7 Å². The lowest BCUT2D eigenvalue weighted by molar-refractivity contribution is -0.138. The Morgan fingerprint density at radius 3 is 2.03 bits per heavy atom. The van der Waals surface area contributed by atoms with Gasteiger partial charge in [0.2, 0.25) is 5.91 Å². The second-order valence-electron chi connectivity index (χ2n) is 9.50. The van der Waals surface area contributed by atoms with Crippen LogP contribution in [0, 0.1) is 16.7 Å². The summed E-state index contributed by atoms with van der Waals surface area (Å²) in [5.41, 5.74) is -0.838. The number of nitrogens with zero attached hydrogens (tertiary/aromatic N) is 2. The van der Waals surface area contributed by atoms with Crippen molar-refractivity contribution >= 4 is 5.91 Å². The lowest BCUT2D eigenvalue weighted by Crippen LogP contribution is -2.58. The monoisotopic (exact) mass is 402 g/mol. The molecule has 5 heteroatoms. The van der Waals surface area contributed by atoms with Gasteiger partial charge in [-0.05, 0) is 63.3 Å². The zero-order valence-electron chi connectivity index (χ0n) is 18.7. The van der Waals surface area contributed by atoms with E-state index >= 15 is 0 Å². The molecule has 1 atom stereocenters. The van der Waals surface area contributed by atoms with Crippen LogP contribution in [0.1, 0.15) is 58.8 Å². The molecule has 4 saturated heterocycles. The van der Waals surface area contributed by atoms with E-state index in [1.807, 2.05) is 0 Å². The van der Waals surface area contributed by atoms with E-state index in [0.717, 1.165) is 56.7 Å². The normalized spacial score (nSPS) is 32.3. The molecule has 0 N–H and O–H groups in total. The van der Waals surface area contributed by atoms with Gasteiger partial charge in [-0.2, -0.15) is 0 Å².